The third-order valence-corrected chi connectivity index (χ3v) is 3.41. The predicted octanol–water partition coefficient (Wildman–Crippen LogP) is 2.89. The highest BCUT2D eigenvalue weighted by Gasteiger charge is 2.14. The average Bonchev–Trinajstić information content (AvgIpc) is 2.80. The van der Waals surface area contributed by atoms with Crippen LogP contribution in [-0.2, 0) is 13.0 Å². The van der Waals surface area contributed by atoms with E-state index in [4.69, 9.17) is 17.3 Å². The predicted molar refractivity (Wildman–Crippen MR) is 77.1 cm³/mol. The van der Waals surface area contributed by atoms with Gasteiger partial charge in [0.05, 0.1) is 0 Å². The Morgan fingerprint density at radius 2 is 2.21 bits per heavy atom. The number of halogens is 1. The molecule has 0 saturated carbocycles. The summed E-state index contributed by atoms with van der Waals surface area (Å²) in [7, 11) is 0. The van der Waals surface area contributed by atoms with Crippen molar-refractivity contribution in [2.24, 2.45) is 5.73 Å². The van der Waals surface area contributed by atoms with E-state index in [1.54, 1.807) is 6.33 Å². The molecule has 2 rings (SSSR count). The molecule has 0 fully saturated rings. The Morgan fingerprint density at radius 3 is 2.95 bits per heavy atom. The Balaban J connectivity index is 2.18. The van der Waals surface area contributed by atoms with E-state index in [-0.39, 0.29) is 6.04 Å². The number of rotatable bonds is 5. The molecule has 4 nitrogen and oxygen atoms in total. The van der Waals surface area contributed by atoms with Gasteiger partial charge in [-0.1, -0.05) is 24.6 Å². The van der Waals surface area contributed by atoms with E-state index in [2.05, 4.69) is 17.0 Å². The first kappa shape index (κ1) is 14.0. The number of hydrogen-bond donors (Lipinski definition) is 1. The molecule has 1 atom stereocenters. The van der Waals surface area contributed by atoms with Crippen molar-refractivity contribution in [2.75, 3.05) is 0 Å². The van der Waals surface area contributed by atoms with E-state index in [0.29, 0.717) is 11.4 Å². The molecule has 0 aliphatic carbocycles. The molecule has 2 N–H and O–H groups in total. The second kappa shape index (κ2) is 6.17. The molecule has 0 amide bonds. The van der Waals surface area contributed by atoms with Crippen LogP contribution in [0.4, 0.5) is 0 Å². The molecule has 1 unspecified atom stereocenters. The summed E-state index contributed by atoms with van der Waals surface area (Å²) in [6, 6.07) is 5.70. The van der Waals surface area contributed by atoms with Crippen molar-refractivity contribution < 1.29 is 0 Å². The van der Waals surface area contributed by atoms with Crippen molar-refractivity contribution in [2.45, 2.75) is 39.3 Å². The molecule has 1 aromatic heterocycles. The largest absolute Gasteiger partial charge is 0.324 e. The van der Waals surface area contributed by atoms with E-state index < -0.39 is 0 Å². The van der Waals surface area contributed by atoms with Crippen molar-refractivity contribution in [3.8, 4) is 0 Å². The highest BCUT2D eigenvalue weighted by Crippen LogP contribution is 2.22. The SMILES string of the molecule is CCCn1ncnc1CC(N)c1cc(Cl)ccc1C. The minimum Gasteiger partial charge on any atom is -0.324 e. The monoisotopic (exact) mass is 278 g/mol. The molecule has 2 aromatic rings. The molecule has 19 heavy (non-hydrogen) atoms. The summed E-state index contributed by atoms with van der Waals surface area (Å²) in [5.74, 6) is 0.925. The van der Waals surface area contributed by atoms with Gasteiger partial charge in [-0.3, -0.25) is 4.68 Å². The van der Waals surface area contributed by atoms with E-state index >= 15 is 0 Å². The summed E-state index contributed by atoms with van der Waals surface area (Å²) in [6.07, 6.45) is 3.28. The van der Waals surface area contributed by atoms with Crippen molar-refractivity contribution in [1.29, 1.82) is 0 Å². The second-order valence-electron chi connectivity index (χ2n) is 4.71. The van der Waals surface area contributed by atoms with Gasteiger partial charge in [0, 0.05) is 24.0 Å². The molecule has 1 heterocycles. The molecule has 0 spiro atoms. The Morgan fingerprint density at radius 1 is 1.42 bits per heavy atom. The summed E-state index contributed by atoms with van der Waals surface area (Å²) in [5.41, 5.74) is 8.50. The maximum Gasteiger partial charge on any atom is 0.138 e. The lowest BCUT2D eigenvalue weighted by Crippen LogP contribution is -2.18. The molecule has 5 heteroatoms. The quantitative estimate of drug-likeness (QED) is 0.915. The highest BCUT2D eigenvalue weighted by atomic mass is 35.5. The van der Waals surface area contributed by atoms with Crippen LogP contribution in [0.1, 0.15) is 36.3 Å². The average molecular weight is 279 g/mol. The smallest absolute Gasteiger partial charge is 0.138 e. The Kier molecular flexibility index (Phi) is 4.56. The Labute approximate surface area is 118 Å². The number of nitrogens with two attached hydrogens (primary N) is 1. The molecule has 0 bridgehead atoms. The molecule has 0 aliphatic rings. The van der Waals surface area contributed by atoms with Gasteiger partial charge in [0.2, 0.25) is 0 Å². The van der Waals surface area contributed by atoms with Crippen LogP contribution in [0, 0.1) is 6.92 Å². The van der Waals surface area contributed by atoms with Crippen molar-refractivity contribution >= 4 is 11.6 Å². The lowest BCUT2D eigenvalue weighted by atomic mass is 9.99. The first-order valence-electron chi connectivity index (χ1n) is 6.50. The normalized spacial score (nSPS) is 12.6. The van der Waals surface area contributed by atoms with Crippen molar-refractivity contribution in [3.05, 3.63) is 46.5 Å². The first-order chi connectivity index (χ1) is 9.11. The summed E-state index contributed by atoms with van der Waals surface area (Å²) < 4.78 is 1.92. The van der Waals surface area contributed by atoms with Gasteiger partial charge in [-0.05, 0) is 36.6 Å². The number of nitrogens with zero attached hydrogens (tertiary/aromatic N) is 3. The van der Waals surface area contributed by atoms with Crippen LogP contribution in [0.2, 0.25) is 5.02 Å². The summed E-state index contributed by atoms with van der Waals surface area (Å²) in [4.78, 5) is 4.29. The van der Waals surface area contributed by atoms with Gasteiger partial charge < -0.3 is 5.73 Å². The van der Waals surface area contributed by atoms with Crippen LogP contribution in [0.5, 0.6) is 0 Å². The van der Waals surface area contributed by atoms with Gasteiger partial charge in [-0.15, -0.1) is 0 Å². The maximum atomic E-state index is 6.28. The minimum absolute atomic E-state index is 0.112. The third-order valence-electron chi connectivity index (χ3n) is 3.17. The molecule has 1 aromatic carbocycles. The lowest BCUT2D eigenvalue weighted by molar-refractivity contribution is 0.547. The zero-order valence-corrected chi connectivity index (χ0v) is 12.1. The topological polar surface area (TPSA) is 56.7 Å². The van der Waals surface area contributed by atoms with Gasteiger partial charge in [-0.2, -0.15) is 5.10 Å². The zero-order chi connectivity index (χ0) is 13.8. The number of hydrogen-bond acceptors (Lipinski definition) is 3. The number of aryl methyl sites for hydroxylation is 2. The summed E-state index contributed by atoms with van der Waals surface area (Å²) in [5, 5.41) is 4.93. The van der Waals surface area contributed by atoms with Crippen LogP contribution in [0.15, 0.2) is 24.5 Å². The number of aromatic nitrogens is 3. The third kappa shape index (κ3) is 3.33. The Hall–Kier alpha value is -1.39. The van der Waals surface area contributed by atoms with E-state index in [0.717, 1.165) is 29.9 Å². The van der Waals surface area contributed by atoms with Gasteiger partial charge in [0.1, 0.15) is 12.2 Å². The summed E-state index contributed by atoms with van der Waals surface area (Å²) >= 11 is 6.04. The fourth-order valence-electron chi connectivity index (χ4n) is 2.16. The molecule has 0 radical (unpaired) electrons. The molecular formula is C14H19ClN4. The van der Waals surface area contributed by atoms with Gasteiger partial charge >= 0.3 is 0 Å². The lowest BCUT2D eigenvalue weighted by Gasteiger charge is -2.15. The van der Waals surface area contributed by atoms with Gasteiger partial charge in [0.25, 0.3) is 0 Å². The molecule has 0 aliphatic heterocycles. The van der Waals surface area contributed by atoms with Crippen LogP contribution in [-0.4, -0.2) is 14.8 Å². The fraction of sp³-hybridized carbons (Fsp3) is 0.429. The van der Waals surface area contributed by atoms with Crippen LogP contribution < -0.4 is 5.73 Å². The molecule has 0 saturated heterocycles. The highest BCUT2D eigenvalue weighted by molar-refractivity contribution is 6.30. The fourth-order valence-corrected chi connectivity index (χ4v) is 2.34. The van der Waals surface area contributed by atoms with Crippen LogP contribution >= 0.6 is 11.6 Å². The number of benzene rings is 1. The van der Waals surface area contributed by atoms with Crippen LogP contribution in [0.3, 0.4) is 0 Å². The van der Waals surface area contributed by atoms with E-state index in [1.807, 2.05) is 29.8 Å². The Bertz CT molecular complexity index is 550. The maximum absolute atomic E-state index is 6.28. The molecular weight excluding hydrogens is 260 g/mol. The van der Waals surface area contributed by atoms with E-state index in [1.165, 1.54) is 0 Å². The van der Waals surface area contributed by atoms with Crippen molar-refractivity contribution in [1.82, 2.24) is 14.8 Å². The standard InChI is InChI=1S/C14H19ClN4/c1-3-6-19-14(17-9-18-19)8-13(16)12-7-11(15)5-4-10(12)2/h4-5,7,9,13H,3,6,8,16H2,1-2H3. The van der Waals surface area contributed by atoms with Gasteiger partial charge in [-0.25, -0.2) is 4.98 Å². The minimum atomic E-state index is -0.112. The van der Waals surface area contributed by atoms with Crippen molar-refractivity contribution in [3.63, 3.8) is 0 Å². The molecule has 102 valence electrons. The van der Waals surface area contributed by atoms with Gasteiger partial charge in [0.15, 0.2) is 0 Å². The van der Waals surface area contributed by atoms with E-state index in [9.17, 15) is 0 Å². The zero-order valence-electron chi connectivity index (χ0n) is 11.3. The second-order valence-corrected chi connectivity index (χ2v) is 5.15. The summed E-state index contributed by atoms with van der Waals surface area (Å²) in [6.45, 7) is 5.03. The first-order valence-corrected chi connectivity index (χ1v) is 6.88. The van der Waals surface area contributed by atoms with Crippen LogP contribution in [0.25, 0.3) is 0 Å².